The molecule has 0 aliphatic heterocycles. The minimum atomic E-state index is -0.410. The first-order valence-electron chi connectivity index (χ1n) is 11.8. The number of unbranched alkanes of at least 4 members (excludes halogenated alkanes) is 3. The minimum Gasteiger partial charge on any atom is -0.508 e. The molecule has 3 N–H and O–H groups in total. The highest BCUT2D eigenvalue weighted by Crippen LogP contribution is 2.31. The summed E-state index contributed by atoms with van der Waals surface area (Å²) in [7, 11) is 1.50. The second-order valence-corrected chi connectivity index (χ2v) is 8.85. The third-order valence-corrected chi connectivity index (χ3v) is 6.05. The third kappa shape index (κ3) is 7.09. The smallest absolute Gasteiger partial charge is 0.163 e. The van der Waals surface area contributed by atoms with Crippen LogP contribution < -0.4 is 4.74 Å². The maximum atomic E-state index is 13.3. The molecule has 0 fully saturated rings. The number of phenols is 2. The van der Waals surface area contributed by atoms with Crippen molar-refractivity contribution in [2.75, 3.05) is 7.11 Å². The number of aromatic hydroxyl groups is 2. The van der Waals surface area contributed by atoms with Crippen molar-refractivity contribution >= 4 is 16.6 Å². The molecule has 0 saturated carbocycles. The molecule has 0 aliphatic rings. The Hall–Kier alpha value is -3.31. The van der Waals surface area contributed by atoms with Gasteiger partial charge in [-0.2, -0.15) is 0 Å². The second-order valence-electron chi connectivity index (χ2n) is 8.85. The molecule has 3 rings (SSSR count). The first-order valence-corrected chi connectivity index (χ1v) is 11.8. The van der Waals surface area contributed by atoms with Crippen LogP contribution >= 0.6 is 0 Å². The van der Waals surface area contributed by atoms with Crippen LogP contribution in [0.2, 0.25) is 0 Å². The van der Waals surface area contributed by atoms with Gasteiger partial charge in [-0.3, -0.25) is 4.79 Å². The molecule has 0 amide bonds. The largest absolute Gasteiger partial charge is 0.508 e. The lowest BCUT2D eigenvalue weighted by molar-refractivity contribution is -0.116. The molecule has 180 valence electrons. The molecule has 0 aromatic heterocycles. The van der Waals surface area contributed by atoms with E-state index in [-0.39, 0.29) is 23.4 Å². The van der Waals surface area contributed by atoms with Crippen molar-refractivity contribution in [2.24, 2.45) is 0 Å². The molecule has 2 atom stereocenters. The van der Waals surface area contributed by atoms with E-state index in [4.69, 9.17) is 4.74 Å². The second kappa shape index (κ2) is 12.2. The average Bonchev–Trinajstić information content (AvgIpc) is 2.82. The molecule has 0 spiro atoms. The van der Waals surface area contributed by atoms with Gasteiger partial charge in [-0.1, -0.05) is 49.2 Å². The molecule has 0 bridgehead atoms. The van der Waals surface area contributed by atoms with E-state index < -0.39 is 5.92 Å². The minimum absolute atomic E-state index is 0.00975. The van der Waals surface area contributed by atoms with Crippen LogP contribution in [-0.4, -0.2) is 34.3 Å². The fourth-order valence-corrected chi connectivity index (χ4v) is 4.13. The van der Waals surface area contributed by atoms with Gasteiger partial charge in [0.2, 0.25) is 0 Å². The molecule has 5 nitrogen and oxygen atoms in total. The number of allylic oxidation sites excluding steroid dienone is 2. The standard InChI is InChI=1S/C29H34O5/c1-20(30)8-6-4-3-5-7-9-27(32)26(16-21-10-15-28(33)29(17-21)34-2)23-12-11-22-13-14-25(31)19-24(22)18-23/h7,9-15,17-20,26,30-31,33H,3-6,8,16H2,1-2H3/b9-7+/t20-,26-/m0/s1. The van der Waals surface area contributed by atoms with Crippen LogP contribution in [-0.2, 0) is 11.2 Å². The van der Waals surface area contributed by atoms with E-state index in [0.29, 0.717) is 12.2 Å². The van der Waals surface area contributed by atoms with E-state index in [0.717, 1.165) is 54.0 Å². The zero-order valence-corrected chi connectivity index (χ0v) is 19.9. The highest BCUT2D eigenvalue weighted by atomic mass is 16.5. The number of hydrogen-bond acceptors (Lipinski definition) is 5. The number of hydrogen-bond donors (Lipinski definition) is 3. The van der Waals surface area contributed by atoms with Crippen LogP contribution in [0.4, 0.5) is 0 Å². The zero-order valence-electron chi connectivity index (χ0n) is 19.9. The van der Waals surface area contributed by atoms with Crippen molar-refractivity contribution < 1.29 is 24.9 Å². The molecule has 5 heteroatoms. The van der Waals surface area contributed by atoms with Crippen molar-refractivity contribution in [3.05, 3.63) is 77.9 Å². The monoisotopic (exact) mass is 462 g/mol. The Labute approximate surface area is 201 Å². The molecular weight excluding hydrogens is 428 g/mol. The summed E-state index contributed by atoms with van der Waals surface area (Å²) in [6, 6.07) is 16.2. The van der Waals surface area contributed by atoms with Crippen molar-refractivity contribution in [2.45, 2.75) is 57.5 Å². The Bertz CT molecular complexity index is 1130. The summed E-state index contributed by atoms with van der Waals surface area (Å²) >= 11 is 0. The van der Waals surface area contributed by atoms with E-state index in [1.165, 1.54) is 7.11 Å². The number of phenolic OH excluding ortho intramolecular Hbond substituents is 2. The van der Waals surface area contributed by atoms with Crippen LogP contribution in [0.5, 0.6) is 17.2 Å². The maximum absolute atomic E-state index is 13.3. The molecule has 3 aromatic rings. The normalized spacial score (nSPS) is 13.3. The molecule has 0 unspecified atom stereocenters. The maximum Gasteiger partial charge on any atom is 0.163 e. The number of fused-ring (bicyclic) bond motifs is 1. The zero-order chi connectivity index (χ0) is 24.5. The molecule has 3 aromatic carbocycles. The van der Waals surface area contributed by atoms with Gasteiger partial charge in [0.25, 0.3) is 0 Å². The summed E-state index contributed by atoms with van der Waals surface area (Å²) in [5, 5.41) is 31.0. The molecule has 0 heterocycles. The summed E-state index contributed by atoms with van der Waals surface area (Å²) in [5.74, 6) is 0.222. The number of aliphatic hydroxyl groups excluding tert-OH is 1. The number of aliphatic hydroxyl groups is 1. The van der Waals surface area contributed by atoms with Crippen LogP contribution in [0.1, 0.15) is 56.1 Å². The average molecular weight is 463 g/mol. The van der Waals surface area contributed by atoms with Crippen LogP contribution in [0.25, 0.3) is 10.8 Å². The SMILES string of the molecule is COc1cc(C[C@H](C(=O)/C=C/CCCCC[C@H](C)O)c2ccc3ccc(O)cc3c2)ccc1O. The molecule has 0 saturated heterocycles. The summed E-state index contributed by atoms with van der Waals surface area (Å²) in [6.45, 7) is 1.80. The predicted octanol–water partition coefficient (Wildman–Crippen LogP) is 6.04. The van der Waals surface area contributed by atoms with Gasteiger partial charge in [-0.15, -0.1) is 0 Å². The van der Waals surface area contributed by atoms with E-state index in [1.54, 1.807) is 43.3 Å². The molecular formula is C29H34O5. The topological polar surface area (TPSA) is 87.0 Å². The number of ketones is 1. The highest BCUT2D eigenvalue weighted by molar-refractivity contribution is 5.96. The van der Waals surface area contributed by atoms with E-state index in [2.05, 4.69) is 0 Å². The van der Waals surface area contributed by atoms with Crippen molar-refractivity contribution in [1.29, 1.82) is 0 Å². The van der Waals surface area contributed by atoms with Gasteiger partial charge in [0, 0.05) is 0 Å². The summed E-state index contributed by atoms with van der Waals surface area (Å²) in [5.41, 5.74) is 1.76. The van der Waals surface area contributed by atoms with Crippen LogP contribution in [0, 0.1) is 0 Å². The van der Waals surface area contributed by atoms with Gasteiger partial charge in [-0.05, 0) is 84.8 Å². The summed E-state index contributed by atoms with van der Waals surface area (Å²) in [6.07, 6.45) is 8.40. The van der Waals surface area contributed by atoms with Crippen LogP contribution in [0.15, 0.2) is 66.7 Å². The summed E-state index contributed by atoms with van der Waals surface area (Å²) in [4.78, 5) is 13.3. The van der Waals surface area contributed by atoms with E-state index in [9.17, 15) is 20.1 Å². The molecule has 0 radical (unpaired) electrons. The van der Waals surface area contributed by atoms with Crippen molar-refractivity contribution in [3.8, 4) is 17.2 Å². The fraction of sp³-hybridized carbons (Fsp3) is 0.345. The lowest BCUT2D eigenvalue weighted by atomic mass is 9.87. The van der Waals surface area contributed by atoms with Crippen molar-refractivity contribution in [3.63, 3.8) is 0 Å². The van der Waals surface area contributed by atoms with Gasteiger partial charge in [0.1, 0.15) is 5.75 Å². The highest BCUT2D eigenvalue weighted by Gasteiger charge is 2.20. The number of benzene rings is 3. The lowest BCUT2D eigenvalue weighted by Gasteiger charge is -2.17. The van der Waals surface area contributed by atoms with E-state index >= 15 is 0 Å². The molecule has 0 aliphatic carbocycles. The number of carbonyl (C=O) groups excluding carboxylic acids is 1. The van der Waals surface area contributed by atoms with Gasteiger partial charge in [0.05, 0.1) is 19.1 Å². The van der Waals surface area contributed by atoms with Crippen molar-refractivity contribution in [1.82, 2.24) is 0 Å². The number of rotatable bonds is 12. The number of methoxy groups -OCH3 is 1. The Balaban J connectivity index is 1.80. The number of carbonyl (C=O) groups is 1. The predicted molar refractivity (Wildman–Crippen MR) is 136 cm³/mol. The number of ether oxygens (including phenoxy) is 1. The Morgan fingerprint density at radius 2 is 1.76 bits per heavy atom. The Morgan fingerprint density at radius 3 is 2.53 bits per heavy atom. The van der Waals surface area contributed by atoms with Gasteiger partial charge >= 0.3 is 0 Å². The molecule has 34 heavy (non-hydrogen) atoms. The fourth-order valence-electron chi connectivity index (χ4n) is 4.13. The van der Waals surface area contributed by atoms with E-state index in [1.807, 2.05) is 30.3 Å². The van der Waals surface area contributed by atoms with Gasteiger partial charge in [-0.25, -0.2) is 0 Å². The Kier molecular flexibility index (Phi) is 9.11. The van der Waals surface area contributed by atoms with Crippen LogP contribution in [0.3, 0.4) is 0 Å². The third-order valence-electron chi connectivity index (χ3n) is 6.05. The first-order chi connectivity index (χ1) is 16.4. The lowest BCUT2D eigenvalue weighted by Crippen LogP contribution is -2.13. The summed E-state index contributed by atoms with van der Waals surface area (Å²) < 4.78 is 5.24. The quantitative estimate of drug-likeness (QED) is 0.226. The first kappa shape index (κ1) is 25.3. The van der Waals surface area contributed by atoms with Gasteiger partial charge < -0.3 is 20.1 Å². The Morgan fingerprint density at radius 1 is 0.971 bits per heavy atom. The van der Waals surface area contributed by atoms with Gasteiger partial charge in [0.15, 0.2) is 17.3 Å².